The first-order valence-corrected chi connectivity index (χ1v) is 11.3. The predicted molar refractivity (Wildman–Crippen MR) is 127 cm³/mol. The predicted octanol–water partition coefficient (Wildman–Crippen LogP) is 5.51. The number of imidazole rings is 1. The van der Waals surface area contributed by atoms with Crippen LogP contribution in [0.1, 0.15) is 25.0 Å². The van der Waals surface area contributed by atoms with Gasteiger partial charge in [-0.25, -0.2) is 4.98 Å². The number of rotatable bonds is 5. The molecule has 0 unspecified atom stereocenters. The van der Waals surface area contributed by atoms with Gasteiger partial charge in [0.15, 0.2) is 0 Å². The first-order chi connectivity index (χ1) is 15.5. The van der Waals surface area contributed by atoms with Gasteiger partial charge in [0.05, 0.1) is 27.2 Å². The van der Waals surface area contributed by atoms with Crippen molar-refractivity contribution in [3.8, 4) is 11.4 Å². The topological polar surface area (TPSA) is 85.9 Å². The molecule has 1 aliphatic rings. The lowest BCUT2D eigenvalue weighted by Crippen LogP contribution is -2.28. The largest absolute Gasteiger partial charge is 0.323 e. The Kier molecular flexibility index (Phi) is 5.53. The lowest BCUT2D eigenvalue weighted by Gasteiger charge is -2.23. The van der Waals surface area contributed by atoms with Crippen LogP contribution in [0.4, 0.5) is 5.69 Å². The van der Waals surface area contributed by atoms with E-state index in [4.69, 9.17) is 21.6 Å². The number of nitro benzene ring substituents is 1. The van der Waals surface area contributed by atoms with Gasteiger partial charge in [-0.1, -0.05) is 23.7 Å². The number of benzene rings is 2. The third-order valence-corrected chi connectivity index (χ3v) is 6.61. The van der Waals surface area contributed by atoms with Crippen LogP contribution in [0.25, 0.3) is 33.3 Å². The quantitative estimate of drug-likeness (QED) is 0.320. The summed E-state index contributed by atoms with van der Waals surface area (Å²) in [5.41, 5.74) is 3.92. The summed E-state index contributed by atoms with van der Waals surface area (Å²) in [5, 5.41) is 16.8. The van der Waals surface area contributed by atoms with Gasteiger partial charge < -0.3 is 9.88 Å². The van der Waals surface area contributed by atoms with Crippen molar-refractivity contribution in [2.24, 2.45) is 5.92 Å². The molecule has 2 aromatic carbocycles. The number of aryl methyl sites for hydroxylation is 2. The second kappa shape index (κ2) is 8.48. The molecule has 3 heterocycles. The van der Waals surface area contributed by atoms with E-state index in [1.165, 1.54) is 6.07 Å². The number of nitrogens with one attached hydrogen (secondary N) is 1. The number of nitro groups is 1. The van der Waals surface area contributed by atoms with Gasteiger partial charge in [-0.3, -0.25) is 15.1 Å². The molecular weight excluding hydrogens is 426 g/mol. The van der Waals surface area contributed by atoms with Gasteiger partial charge >= 0.3 is 0 Å². The van der Waals surface area contributed by atoms with Gasteiger partial charge in [0, 0.05) is 23.0 Å². The maximum absolute atomic E-state index is 11.8. The van der Waals surface area contributed by atoms with Crippen molar-refractivity contribution in [3.05, 3.63) is 63.3 Å². The Morgan fingerprint density at radius 2 is 1.97 bits per heavy atom. The van der Waals surface area contributed by atoms with Crippen LogP contribution in [0.15, 0.2) is 42.5 Å². The van der Waals surface area contributed by atoms with Crippen LogP contribution in [0, 0.1) is 23.0 Å². The third-order valence-electron chi connectivity index (χ3n) is 6.37. The highest BCUT2D eigenvalue weighted by atomic mass is 35.5. The molecule has 8 heteroatoms. The standard InChI is InChI=1S/C24H24ClN5O2/c1-15-22-23(18-7-6-17(25)14-20(18)27-15)29(13-10-16-8-11-26-12-9-16)24(28-22)19-4-2-3-5-21(19)30(31)32/h2-7,14,16,26H,8-13H2,1H3. The number of nitrogens with zero attached hydrogens (tertiary/aromatic N) is 4. The number of aromatic nitrogens is 3. The van der Waals surface area contributed by atoms with Crippen LogP contribution in [0.3, 0.4) is 0 Å². The fraction of sp³-hybridized carbons (Fsp3) is 0.333. The van der Waals surface area contributed by atoms with E-state index in [1.807, 2.05) is 31.2 Å². The molecule has 0 saturated carbocycles. The fourth-order valence-electron chi connectivity index (χ4n) is 4.74. The zero-order valence-electron chi connectivity index (χ0n) is 17.8. The van der Waals surface area contributed by atoms with Gasteiger partial charge in [-0.15, -0.1) is 0 Å². The number of piperidine rings is 1. The maximum atomic E-state index is 11.8. The summed E-state index contributed by atoms with van der Waals surface area (Å²) < 4.78 is 2.16. The van der Waals surface area contributed by atoms with Gasteiger partial charge in [0.25, 0.3) is 5.69 Å². The van der Waals surface area contributed by atoms with Gasteiger partial charge in [-0.2, -0.15) is 0 Å². The molecule has 0 amide bonds. The van der Waals surface area contributed by atoms with E-state index in [0.717, 1.165) is 66.5 Å². The molecule has 0 radical (unpaired) electrons. The Labute approximate surface area is 190 Å². The molecule has 0 aliphatic carbocycles. The summed E-state index contributed by atoms with van der Waals surface area (Å²) in [5.74, 6) is 1.24. The first kappa shape index (κ1) is 20.8. The number of hydrogen-bond acceptors (Lipinski definition) is 5. The molecule has 4 aromatic rings. The number of para-hydroxylation sites is 1. The van der Waals surface area contributed by atoms with Gasteiger partial charge in [-0.05, 0) is 69.5 Å². The highest BCUT2D eigenvalue weighted by molar-refractivity contribution is 6.31. The van der Waals surface area contributed by atoms with E-state index >= 15 is 0 Å². The first-order valence-electron chi connectivity index (χ1n) is 10.9. The lowest BCUT2D eigenvalue weighted by molar-refractivity contribution is -0.384. The number of pyridine rings is 1. The Morgan fingerprint density at radius 3 is 2.75 bits per heavy atom. The summed E-state index contributed by atoms with van der Waals surface area (Å²) in [6.45, 7) is 4.74. The Morgan fingerprint density at radius 1 is 1.19 bits per heavy atom. The van der Waals surface area contributed by atoms with Crippen molar-refractivity contribution in [1.82, 2.24) is 19.9 Å². The van der Waals surface area contributed by atoms with Crippen LogP contribution >= 0.6 is 11.6 Å². The zero-order valence-corrected chi connectivity index (χ0v) is 18.6. The van der Waals surface area contributed by atoms with Crippen molar-refractivity contribution in [2.75, 3.05) is 13.1 Å². The van der Waals surface area contributed by atoms with Crippen LogP contribution in [0.5, 0.6) is 0 Å². The molecule has 164 valence electrons. The second-order valence-corrected chi connectivity index (χ2v) is 8.84. The molecular formula is C24H24ClN5O2. The SMILES string of the molecule is Cc1nc2cc(Cl)ccc2c2c1nc(-c1ccccc1[N+](=O)[O-])n2CCC1CCNCC1. The average molecular weight is 450 g/mol. The summed E-state index contributed by atoms with van der Waals surface area (Å²) >= 11 is 6.24. The molecule has 1 fully saturated rings. The molecule has 0 spiro atoms. The molecule has 0 atom stereocenters. The van der Waals surface area contributed by atoms with E-state index in [9.17, 15) is 10.1 Å². The Balaban J connectivity index is 1.75. The van der Waals surface area contributed by atoms with Gasteiger partial charge in [0.2, 0.25) is 0 Å². The molecule has 2 aromatic heterocycles. The van der Waals surface area contributed by atoms with Crippen molar-refractivity contribution >= 4 is 39.2 Å². The minimum atomic E-state index is -0.338. The highest BCUT2D eigenvalue weighted by Crippen LogP contribution is 2.36. The monoisotopic (exact) mass is 449 g/mol. The van der Waals surface area contributed by atoms with E-state index in [0.29, 0.717) is 22.3 Å². The molecule has 1 saturated heterocycles. The summed E-state index contributed by atoms with van der Waals surface area (Å²) in [7, 11) is 0. The number of hydrogen-bond donors (Lipinski definition) is 1. The number of fused-ring (bicyclic) bond motifs is 3. The van der Waals surface area contributed by atoms with E-state index in [2.05, 4.69) is 9.88 Å². The molecule has 0 bridgehead atoms. The van der Waals surface area contributed by atoms with Crippen molar-refractivity contribution in [2.45, 2.75) is 32.7 Å². The van der Waals surface area contributed by atoms with Crippen LogP contribution in [0.2, 0.25) is 5.02 Å². The van der Waals surface area contributed by atoms with Crippen LogP contribution in [-0.2, 0) is 6.54 Å². The van der Waals surface area contributed by atoms with Crippen molar-refractivity contribution in [1.29, 1.82) is 0 Å². The van der Waals surface area contributed by atoms with Crippen molar-refractivity contribution < 1.29 is 4.92 Å². The smallest absolute Gasteiger partial charge is 0.280 e. The number of halogens is 1. The van der Waals surface area contributed by atoms with Crippen LogP contribution < -0.4 is 5.32 Å². The molecule has 5 rings (SSSR count). The average Bonchev–Trinajstić information content (AvgIpc) is 3.18. The Hall–Kier alpha value is -3.03. The summed E-state index contributed by atoms with van der Waals surface area (Å²) in [6.07, 6.45) is 3.28. The normalized spacial score (nSPS) is 14.9. The fourth-order valence-corrected chi connectivity index (χ4v) is 4.90. The zero-order chi connectivity index (χ0) is 22.2. The van der Waals surface area contributed by atoms with E-state index in [-0.39, 0.29) is 10.6 Å². The van der Waals surface area contributed by atoms with Crippen molar-refractivity contribution in [3.63, 3.8) is 0 Å². The Bertz CT molecular complexity index is 1330. The van der Waals surface area contributed by atoms with Gasteiger partial charge in [0.1, 0.15) is 11.3 Å². The molecule has 1 N–H and O–H groups in total. The minimum Gasteiger partial charge on any atom is -0.323 e. The third kappa shape index (κ3) is 3.72. The maximum Gasteiger partial charge on any atom is 0.280 e. The minimum absolute atomic E-state index is 0.0592. The molecule has 7 nitrogen and oxygen atoms in total. The molecule has 1 aliphatic heterocycles. The van der Waals surface area contributed by atoms with E-state index in [1.54, 1.807) is 12.1 Å². The molecule has 32 heavy (non-hydrogen) atoms. The second-order valence-electron chi connectivity index (χ2n) is 8.40. The summed E-state index contributed by atoms with van der Waals surface area (Å²) in [6, 6.07) is 12.5. The van der Waals surface area contributed by atoms with Crippen LogP contribution in [-0.4, -0.2) is 32.5 Å². The summed E-state index contributed by atoms with van der Waals surface area (Å²) in [4.78, 5) is 21.1. The van der Waals surface area contributed by atoms with E-state index < -0.39 is 0 Å². The lowest BCUT2D eigenvalue weighted by atomic mass is 9.94. The highest BCUT2D eigenvalue weighted by Gasteiger charge is 2.24.